The number of ether oxygens (including phenoxy) is 1. The second kappa shape index (κ2) is 3.24. The smallest absolute Gasteiger partial charge is 0.372 e. The third-order valence-corrected chi connectivity index (χ3v) is 2.81. The third kappa shape index (κ3) is 1.54. The number of benzene rings is 1. The first-order valence-electron chi connectivity index (χ1n) is 3.95. The molecule has 0 atom stereocenters. The fourth-order valence-corrected chi connectivity index (χ4v) is 2.13. The van der Waals surface area contributed by atoms with E-state index in [4.69, 9.17) is 4.74 Å². The summed E-state index contributed by atoms with van der Waals surface area (Å²) in [5, 5.41) is 0. The molecule has 1 aromatic carbocycles. The first-order valence-corrected chi connectivity index (χ1v) is 4.74. The van der Waals surface area contributed by atoms with Crippen LogP contribution in [0.1, 0.15) is 16.7 Å². The van der Waals surface area contributed by atoms with Crippen LogP contribution in [0, 0.1) is 0 Å². The number of hydrogen-bond acceptors (Lipinski definition) is 1. The average molecular weight is 267 g/mol. The predicted octanol–water partition coefficient (Wildman–Crippen LogP) is 3.50. The standard InChI is InChI=1S/C9H6BrF3O/c10-7-2-1-5-3-14-4-6(5)8(7)9(11,12)13/h1-2H,3-4H2. The highest BCUT2D eigenvalue weighted by Gasteiger charge is 2.37. The van der Waals surface area contributed by atoms with Crippen LogP contribution in [0.4, 0.5) is 13.2 Å². The van der Waals surface area contributed by atoms with Gasteiger partial charge in [-0.1, -0.05) is 22.0 Å². The molecule has 0 unspecified atom stereocenters. The number of alkyl halides is 3. The van der Waals surface area contributed by atoms with Crippen molar-refractivity contribution in [3.63, 3.8) is 0 Å². The van der Waals surface area contributed by atoms with Gasteiger partial charge in [0, 0.05) is 4.47 Å². The largest absolute Gasteiger partial charge is 0.417 e. The summed E-state index contributed by atoms with van der Waals surface area (Å²) in [7, 11) is 0. The Bertz CT molecular complexity index is 373. The maximum Gasteiger partial charge on any atom is 0.417 e. The Kier molecular flexibility index (Phi) is 2.31. The minimum absolute atomic E-state index is 0.0453. The van der Waals surface area contributed by atoms with E-state index in [1.807, 2.05) is 0 Å². The highest BCUT2D eigenvalue weighted by Crippen LogP contribution is 2.40. The fraction of sp³-hybridized carbons (Fsp3) is 0.333. The average Bonchev–Trinajstić information content (AvgIpc) is 2.48. The van der Waals surface area contributed by atoms with Gasteiger partial charge in [0.2, 0.25) is 0 Å². The summed E-state index contributed by atoms with van der Waals surface area (Å²) in [5.74, 6) is 0. The van der Waals surface area contributed by atoms with Crippen LogP contribution in [-0.4, -0.2) is 0 Å². The summed E-state index contributed by atoms with van der Waals surface area (Å²) in [6.07, 6.45) is -4.32. The molecule has 0 spiro atoms. The lowest BCUT2D eigenvalue weighted by atomic mass is 10.0. The summed E-state index contributed by atoms with van der Waals surface area (Å²) < 4.78 is 42.9. The van der Waals surface area contributed by atoms with Crippen molar-refractivity contribution in [2.24, 2.45) is 0 Å². The topological polar surface area (TPSA) is 9.23 Å². The van der Waals surface area contributed by atoms with E-state index in [0.29, 0.717) is 5.56 Å². The van der Waals surface area contributed by atoms with Gasteiger partial charge in [0.1, 0.15) is 0 Å². The lowest BCUT2D eigenvalue weighted by molar-refractivity contribution is -0.139. The van der Waals surface area contributed by atoms with Crippen molar-refractivity contribution in [2.75, 3.05) is 0 Å². The van der Waals surface area contributed by atoms with Crippen LogP contribution in [-0.2, 0) is 24.1 Å². The van der Waals surface area contributed by atoms with Gasteiger partial charge in [-0.25, -0.2) is 0 Å². The SMILES string of the molecule is FC(F)(F)c1c(Br)ccc2c1COC2. The Balaban J connectivity index is 2.63. The molecule has 1 aliphatic heterocycles. The molecular formula is C9H6BrF3O. The van der Waals surface area contributed by atoms with Crippen molar-refractivity contribution in [1.29, 1.82) is 0 Å². The first-order chi connectivity index (χ1) is 6.50. The van der Waals surface area contributed by atoms with E-state index >= 15 is 0 Å². The van der Waals surface area contributed by atoms with Gasteiger partial charge in [0.25, 0.3) is 0 Å². The molecule has 76 valence electrons. The molecule has 2 rings (SSSR count). The molecule has 1 aromatic rings. The van der Waals surface area contributed by atoms with Crippen molar-refractivity contribution < 1.29 is 17.9 Å². The highest BCUT2D eigenvalue weighted by atomic mass is 79.9. The zero-order valence-corrected chi connectivity index (χ0v) is 8.58. The minimum atomic E-state index is -4.32. The van der Waals surface area contributed by atoms with Crippen LogP contribution in [0.2, 0.25) is 0 Å². The van der Waals surface area contributed by atoms with E-state index < -0.39 is 11.7 Å². The Morgan fingerprint density at radius 3 is 2.57 bits per heavy atom. The van der Waals surface area contributed by atoms with E-state index in [9.17, 15) is 13.2 Å². The zero-order chi connectivity index (χ0) is 10.3. The maximum atomic E-state index is 12.6. The molecule has 0 aromatic heterocycles. The van der Waals surface area contributed by atoms with Gasteiger partial charge in [0.15, 0.2) is 0 Å². The molecule has 0 bridgehead atoms. The molecule has 1 nitrogen and oxygen atoms in total. The van der Waals surface area contributed by atoms with Gasteiger partial charge in [-0.15, -0.1) is 0 Å². The predicted molar refractivity (Wildman–Crippen MR) is 47.6 cm³/mol. The first kappa shape index (κ1) is 9.98. The normalized spacial score (nSPS) is 15.7. The number of halogens is 4. The van der Waals surface area contributed by atoms with Crippen molar-refractivity contribution in [3.8, 4) is 0 Å². The van der Waals surface area contributed by atoms with Gasteiger partial charge in [-0.2, -0.15) is 13.2 Å². The van der Waals surface area contributed by atoms with Crippen LogP contribution < -0.4 is 0 Å². The summed E-state index contributed by atoms with van der Waals surface area (Å²) in [5.41, 5.74) is 0.278. The lowest BCUT2D eigenvalue weighted by Gasteiger charge is -2.12. The molecule has 0 N–H and O–H groups in total. The monoisotopic (exact) mass is 266 g/mol. The minimum Gasteiger partial charge on any atom is -0.372 e. The van der Waals surface area contributed by atoms with E-state index in [1.165, 1.54) is 6.07 Å². The second-order valence-electron chi connectivity index (χ2n) is 3.05. The highest BCUT2D eigenvalue weighted by molar-refractivity contribution is 9.10. The van der Waals surface area contributed by atoms with Gasteiger partial charge < -0.3 is 4.74 Å². The van der Waals surface area contributed by atoms with Crippen LogP contribution in [0.25, 0.3) is 0 Å². The molecule has 0 radical (unpaired) electrons. The molecule has 1 heterocycles. The van der Waals surface area contributed by atoms with Crippen LogP contribution in [0.15, 0.2) is 16.6 Å². The summed E-state index contributed by atoms with van der Waals surface area (Å²) >= 11 is 2.91. The van der Waals surface area contributed by atoms with Crippen LogP contribution in [0.3, 0.4) is 0 Å². The van der Waals surface area contributed by atoms with Gasteiger partial charge in [-0.3, -0.25) is 0 Å². The van der Waals surface area contributed by atoms with Crippen LogP contribution in [0.5, 0.6) is 0 Å². The molecule has 0 saturated heterocycles. The Morgan fingerprint density at radius 1 is 1.21 bits per heavy atom. The molecule has 14 heavy (non-hydrogen) atoms. The molecule has 0 aliphatic carbocycles. The van der Waals surface area contributed by atoms with Gasteiger partial charge in [-0.05, 0) is 17.2 Å². The number of hydrogen-bond donors (Lipinski definition) is 0. The molecule has 0 fully saturated rings. The Hall–Kier alpha value is -0.550. The van der Waals surface area contributed by atoms with Gasteiger partial charge >= 0.3 is 6.18 Å². The fourth-order valence-electron chi connectivity index (χ4n) is 1.53. The summed E-state index contributed by atoms with van der Waals surface area (Å²) in [6.45, 7) is 0.315. The van der Waals surface area contributed by atoms with Crippen molar-refractivity contribution >= 4 is 15.9 Å². The van der Waals surface area contributed by atoms with Crippen molar-refractivity contribution in [3.05, 3.63) is 33.3 Å². The quantitative estimate of drug-likeness (QED) is 0.699. The van der Waals surface area contributed by atoms with E-state index in [0.717, 1.165) is 0 Å². The third-order valence-electron chi connectivity index (χ3n) is 2.15. The van der Waals surface area contributed by atoms with E-state index in [1.54, 1.807) is 6.07 Å². The summed E-state index contributed by atoms with van der Waals surface area (Å²) in [6, 6.07) is 3.07. The molecule has 1 aliphatic rings. The van der Waals surface area contributed by atoms with E-state index in [2.05, 4.69) is 15.9 Å². The molecule has 0 amide bonds. The molecule has 0 saturated carbocycles. The Morgan fingerprint density at radius 2 is 1.93 bits per heavy atom. The molecule has 5 heteroatoms. The van der Waals surface area contributed by atoms with E-state index in [-0.39, 0.29) is 23.2 Å². The number of rotatable bonds is 0. The van der Waals surface area contributed by atoms with Gasteiger partial charge in [0.05, 0.1) is 18.8 Å². The number of fused-ring (bicyclic) bond motifs is 1. The maximum absolute atomic E-state index is 12.6. The lowest BCUT2D eigenvalue weighted by Crippen LogP contribution is -2.10. The van der Waals surface area contributed by atoms with Crippen molar-refractivity contribution in [1.82, 2.24) is 0 Å². The van der Waals surface area contributed by atoms with Crippen LogP contribution >= 0.6 is 15.9 Å². The second-order valence-corrected chi connectivity index (χ2v) is 3.90. The van der Waals surface area contributed by atoms with Crippen molar-refractivity contribution in [2.45, 2.75) is 19.4 Å². The zero-order valence-electron chi connectivity index (χ0n) is 6.99. The Labute approximate surface area is 87.0 Å². The molecular weight excluding hydrogens is 261 g/mol. The summed E-state index contributed by atoms with van der Waals surface area (Å²) in [4.78, 5) is 0.